The Kier molecular flexibility index (Phi) is 2.82. The van der Waals surface area contributed by atoms with Crippen molar-refractivity contribution in [2.75, 3.05) is 0 Å². The third-order valence-electron chi connectivity index (χ3n) is 2.73. The lowest BCUT2D eigenvalue weighted by atomic mass is 9.81. The molecule has 0 atom stereocenters. The molecule has 0 bridgehead atoms. The second kappa shape index (κ2) is 4.09. The van der Waals surface area contributed by atoms with Crippen LogP contribution in [-0.4, -0.2) is 10.8 Å². The van der Waals surface area contributed by atoms with Gasteiger partial charge >= 0.3 is 0 Å². The molecule has 1 heterocycles. The van der Waals surface area contributed by atoms with Gasteiger partial charge in [-0.05, 0) is 12.0 Å². The van der Waals surface area contributed by atoms with Crippen LogP contribution in [0.1, 0.15) is 36.0 Å². The first-order valence-electron chi connectivity index (χ1n) is 4.89. The van der Waals surface area contributed by atoms with E-state index in [4.69, 9.17) is 11.6 Å². The van der Waals surface area contributed by atoms with Gasteiger partial charge in [0, 0.05) is 24.4 Å². The number of nitrogens with zero attached hydrogens (tertiary/aromatic N) is 1. The van der Waals surface area contributed by atoms with E-state index in [0.717, 1.165) is 0 Å². The summed E-state index contributed by atoms with van der Waals surface area (Å²) in [6.45, 7) is 0. The van der Waals surface area contributed by atoms with Crippen molar-refractivity contribution in [3.05, 3.63) is 29.0 Å². The van der Waals surface area contributed by atoms with Crippen LogP contribution in [0.2, 0.25) is 5.02 Å². The van der Waals surface area contributed by atoms with Crippen LogP contribution in [0, 0.1) is 5.92 Å². The summed E-state index contributed by atoms with van der Waals surface area (Å²) >= 11 is 5.76. The average Bonchev–Trinajstić information content (AvgIpc) is 2.11. The Morgan fingerprint density at radius 2 is 2.29 bits per heavy atom. The van der Waals surface area contributed by atoms with E-state index in [1.165, 1.54) is 19.3 Å². The van der Waals surface area contributed by atoms with Gasteiger partial charge in [-0.1, -0.05) is 30.9 Å². The van der Waals surface area contributed by atoms with E-state index in [2.05, 4.69) is 4.98 Å². The summed E-state index contributed by atoms with van der Waals surface area (Å²) in [5.74, 6) is 0.770. The zero-order chi connectivity index (χ0) is 9.97. The van der Waals surface area contributed by atoms with Crippen LogP contribution in [0.15, 0.2) is 18.5 Å². The smallest absolute Gasteiger partial charge is 0.164 e. The van der Waals surface area contributed by atoms with Gasteiger partial charge in [0.2, 0.25) is 0 Å². The highest BCUT2D eigenvalue weighted by Crippen LogP contribution is 2.30. The third kappa shape index (κ3) is 2.13. The van der Waals surface area contributed by atoms with Crippen LogP contribution < -0.4 is 0 Å². The maximum Gasteiger partial charge on any atom is 0.164 e. The summed E-state index contributed by atoms with van der Waals surface area (Å²) in [6, 6.07) is 1.69. The summed E-state index contributed by atoms with van der Waals surface area (Å²) in [5, 5.41) is 0.532. The van der Waals surface area contributed by atoms with Gasteiger partial charge in [0.05, 0.1) is 5.02 Å². The first kappa shape index (κ1) is 9.66. The largest absolute Gasteiger partial charge is 0.294 e. The van der Waals surface area contributed by atoms with Gasteiger partial charge in [-0.2, -0.15) is 0 Å². The molecule has 1 aliphatic carbocycles. The Balaban J connectivity index is 2.02. The van der Waals surface area contributed by atoms with Crippen LogP contribution in [0.3, 0.4) is 0 Å². The summed E-state index contributed by atoms with van der Waals surface area (Å²) in [6.07, 6.45) is 7.45. The third-order valence-corrected chi connectivity index (χ3v) is 2.93. The Hall–Kier alpha value is -0.890. The van der Waals surface area contributed by atoms with E-state index in [-0.39, 0.29) is 5.78 Å². The molecule has 0 aliphatic heterocycles. The lowest BCUT2D eigenvalue weighted by Gasteiger charge is -2.24. The molecule has 0 saturated heterocycles. The van der Waals surface area contributed by atoms with Gasteiger partial charge in [0.25, 0.3) is 0 Å². The molecule has 2 rings (SSSR count). The minimum absolute atomic E-state index is 0.171. The lowest BCUT2D eigenvalue weighted by Crippen LogP contribution is -2.16. The molecular weight excluding hydrogens is 198 g/mol. The van der Waals surface area contributed by atoms with Crippen molar-refractivity contribution >= 4 is 17.4 Å². The summed E-state index contributed by atoms with van der Waals surface area (Å²) in [4.78, 5) is 15.6. The van der Waals surface area contributed by atoms with E-state index in [9.17, 15) is 4.79 Å². The molecule has 1 aliphatic rings. The normalized spacial score (nSPS) is 16.4. The zero-order valence-corrected chi connectivity index (χ0v) is 8.63. The van der Waals surface area contributed by atoms with E-state index >= 15 is 0 Å². The van der Waals surface area contributed by atoms with Gasteiger partial charge in [0.15, 0.2) is 5.78 Å². The van der Waals surface area contributed by atoms with Crippen molar-refractivity contribution in [2.45, 2.75) is 25.7 Å². The average molecular weight is 210 g/mol. The standard InChI is InChI=1S/C11H12ClNO/c12-10-5-9(6-13-7-10)11(14)4-8-2-1-3-8/h5-8H,1-4H2. The minimum atomic E-state index is 0.171. The maximum absolute atomic E-state index is 11.7. The zero-order valence-electron chi connectivity index (χ0n) is 7.87. The van der Waals surface area contributed by atoms with Gasteiger partial charge in [-0.3, -0.25) is 9.78 Å². The Morgan fingerprint density at radius 1 is 1.50 bits per heavy atom. The molecule has 0 aromatic carbocycles. The van der Waals surface area contributed by atoms with Crippen LogP contribution in [0.5, 0.6) is 0 Å². The number of aromatic nitrogens is 1. The first-order chi connectivity index (χ1) is 6.75. The van der Waals surface area contributed by atoms with Gasteiger partial charge in [-0.25, -0.2) is 0 Å². The Morgan fingerprint density at radius 3 is 2.86 bits per heavy atom. The van der Waals surface area contributed by atoms with Crippen molar-refractivity contribution in [3.63, 3.8) is 0 Å². The number of rotatable bonds is 3. The van der Waals surface area contributed by atoms with Crippen molar-refractivity contribution in [1.29, 1.82) is 0 Å². The maximum atomic E-state index is 11.7. The molecule has 0 N–H and O–H groups in total. The number of pyridine rings is 1. The molecule has 0 spiro atoms. The Labute approximate surface area is 88.3 Å². The van der Waals surface area contributed by atoms with Crippen LogP contribution in [0.4, 0.5) is 0 Å². The van der Waals surface area contributed by atoms with Crippen LogP contribution in [-0.2, 0) is 0 Å². The van der Waals surface area contributed by atoms with E-state index in [1.54, 1.807) is 18.5 Å². The van der Waals surface area contributed by atoms with Crippen molar-refractivity contribution in [1.82, 2.24) is 4.98 Å². The minimum Gasteiger partial charge on any atom is -0.294 e. The quantitative estimate of drug-likeness (QED) is 0.716. The summed E-state index contributed by atoms with van der Waals surface area (Å²) < 4.78 is 0. The number of hydrogen-bond donors (Lipinski definition) is 0. The predicted octanol–water partition coefficient (Wildman–Crippen LogP) is 3.11. The van der Waals surface area contributed by atoms with Crippen LogP contribution >= 0.6 is 11.6 Å². The highest BCUT2D eigenvalue weighted by Gasteiger charge is 2.21. The molecule has 0 unspecified atom stereocenters. The van der Waals surface area contributed by atoms with Crippen molar-refractivity contribution in [2.24, 2.45) is 5.92 Å². The molecule has 3 heteroatoms. The number of hydrogen-bond acceptors (Lipinski definition) is 2. The lowest BCUT2D eigenvalue weighted by molar-refractivity contribution is 0.0936. The molecule has 1 saturated carbocycles. The van der Waals surface area contributed by atoms with Gasteiger partial charge in [0.1, 0.15) is 0 Å². The fourth-order valence-corrected chi connectivity index (χ4v) is 1.82. The highest BCUT2D eigenvalue weighted by molar-refractivity contribution is 6.30. The molecule has 74 valence electrons. The monoisotopic (exact) mass is 209 g/mol. The SMILES string of the molecule is O=C(CC1CCC1)c1cncc(Cl)c1. The van der Waals surface area contributed by atoms with Crippen molar-refractivity contribution < 1.29 is 4.79 Å². The molecule has 1 aromatic rings. The summed E-state index contributed by atoms with van der Waals surface area (Å²) in [7, 11) is 0. The second-order valence-corrected chi connectivity index (χ2v) is 4.25. The molecule has 0 radical (unpaired) electrons. The topological polar surface area (TPSA) is 30.0 Å². The number of ketones is 1. The van der Waals surface area contributed by atoms with Crippen LogP contribution in [0.25, 0.3) is 0 Å². The number of Topliss-reactive ketones (excluding diaryl/α,β-unsaturated/α-hetero) is 1. The number of carbonyl (C=O) groups is 1. The molecule has 0 amide bonds. The highest BCUT2D eigenvalue weighted by atomic mass is 35.5. The molecule has 1 aromatic heterocycles. The molecule has 1 fully saturated rings. The summed E-state index contributed by atoms with van der Waals surface area (Å²) in [5.41, 5.74) is 0.643. The Bertz CT molecular complexity index is 347. The van der Waals surface area contributed by atoms with Gasteiger partial charge in [-0.15, -0.1) is 0 Å². The van der Waals surface area contributed by atoms with Crippen molar-refractivity contribution in [3.8, 4) is 0 Å². The van der Waals surface area contributed by atoms with E-state index in [1.807, 2.05) is 0 Å². The molecular formula is C11H12ClNO. The molecule has 2 nitrogen and oxygen atoms in total. The van der Waals surface area contributed by atoms with E-state index in [0.29, 0.717) is 22.9 Å². The predicted molar refractivity (Wildman–Crippen MR) is 55.5 cm³/mol. The number of carbonyl (C=O) groups excluding carboxylic acids is 1. The molecule has 14 heavy (non-hydrogen) atoms. The number of halogens is 1. The van der Waals surface area contributed by atoms with E-state index < -0.39 is 0 Å². The second-order valence-electron chi connectivity index (χ2n) is 3.82. The first-order valence-corrected chi connectivity index (χ1v) is 5.27. The van der Waals surface area contributed by atoms with Gasteiger partial charge < -0.3 is 0 Å². The fraction of sp³-hybridized carbons (Fsp3) is 0.455. The fourth-order valence-electron chi connectivity index (χ4n) is 1.64.